The number of β-amino-alcohol motifs (C(OH)–C–C–N with tert-alkyl or cyclic N) is 2. The van der Waals surface area contributed by atoms with Gasteiger partial charge in [0.1, 0.15) is 11.2 Å². The van der Waals surface area contributed by atoms with Crippen LogP contribution in [0.15, 0.2) is 0 Å². The number of aliphatic hydroxyl groups excluding tert-OH is 2. The first-order chi connectivity index (χ1) is 6.54. The molecular formula is C8H18N2O4. The molecule has 0 aromatic carbocycles. The normalized spacial score (nSPS) is 26.6. The van der Waals surface area contributed by atoms with E-state index < -0.39 is 11.2 Å². The van der Waals surface area contributed by atoms with Crippen molar-refractivity contribution in [2.75, 3.05) is 39.4 Å². The Morgan fingerprint density at radius 3 is 1.07 bits per heavy atom. The summed E-state index contributed by atoms with van der Waals surface area (Å²) in [5.74, 6) is 0. The first-order valence-electron chi connectivity index (χ1n) is 4.62. The van der Waals surface area contributed by atoms with E-state index >= 15 is 0 Å². The average molecular weight is 206 g/mol. The molecule has 2 heterocycles. The van der Waals surface area contributed by atoms with Gasteiger partial charge in [-0.15, -0.1) is 0 Å². The van der Waals surface area contributed by atoms with Gasteiger partial charge in [-0.05, 0) is 0 Å². The molecule has 2 fully saturated rings. The molecule has 2 aliphatic heterocycles. The summed E-state index contributed by atoms with van der Waals surface area (Å²) in [4.78, 5) is 0. The fourth-order valence-electron chi connectivity index (χ4n) is 1.05. The van der Waals surface area contributed by atoms with Crippen LogP contribution in [-0.2, 0) is 0 Å². The van der Waals surface area contributed by atoms with Crippen LogP contribution in [0, 0.1) is 0 Å². The Kier molecular flexibility index (Phi) is 3.82. The second-order valence-corrected chi connectivity index (χ2v) is 3.97. The third-order valence-corrected chi connectivity index (χ3v) is 2.40. The second kappa shape index (κ2) is 4.52. The predicted octanol–water partition coefficient (Wildman–Crippen LogP) is -3.37. The molecule has 0 unspecified atom stereocenters. The fraction of sp³-hybridized carbons (Fsp3) is 1.00. The molecule has 0 atom stereocenters. The molecule has 0 aromatic heterocycles. The van der Waals surface area contributed by atoms with Gasteiger partial charge in [0.15, 0.2) is 0 Å². The van der Waals surface area contributed by atoms with Gasteiger partial charge in [0, 0.05) is 26.2 Å². The summed E-state index contributed by atoms with van der Waals surface area (Å²) in [5.41, 5.74) is -1.58. The highest BCUT2D eigenvalue weighted by Crippen LogP contribution is 2.07. The van der Waals surface area contributed by atoms with Gasteiger partial charge in [-0.2, -0.15) is 0 Å². The van der Waals surface area contributed by atoms with Crippen LogP contribution in [0.2, 0.25) is 0 Å². The summed E-state index contributed by atoms with van der Waals surface area (Å²) in [6.07, 6.45) is 0. The average Bonchev–Trinajstić information content (AvgIpc) is 2.11. The molecular weight excluding hydrogens is 188 g/mol. The summed E-state index contributed by atoms with van der Waals surface area (Å²) in [5, 5.41) is 40.2. The maximum absolute atomic E-state index is 8.91. The van der Waals surface area contributed by atoms with E-state index in [1.165, 1.54) is 0 Å². The molecule has 0 radical (unpaired) electrons. The maximum atomic E-state index is 8.91. The van der Waals surface area contributed by atoms with E-state index in [0.29, 0.717) is 26.2 Å². The van der Waals surface area contributed by atoms with Crippen molar-refractivity contribution in [3.05, 3.63) is 0 Å². The van der Waals surface area contributed by atoms with Gasteiger partial charge in [-0.1, -0.05) is 0 Å². The first-order valence-corrected chi connectivity index (χ1v) is 4.62. The third kappa shape index (κ3) is 2.88. The fourth-order valence-corrected chi connectivity index (χ4v) is 1.05. The van der Waals surface area contributed by atoms with Crippen molar-refractivity contribution in [2.24, 2.45) is 0 Å². The second-order valence-electron chi connectivity index (χ2n) is 3.97. The number of nitrogens with one attached hydrogen (secondary N) is 2. The lowest BCUT2D eigenvalue weighted by Crippen LogP contribution is -2.61. The molecule has 84 valence electrons. The minimum absolute atomic E-state index is 0.125. The molecule has 0 spiro atoms. The number of hydrogen-bond donors (Lipinski definition) is 6. The van der Waals surface area contributed by atoms with Crippen LogP contribution in [0.25, 0.3) is 0 Å². The van der Waals surface area contributed by atoms with Crippen molar-refractivity contribution in [1.82, 2.24) is 10.6 Å². The lowest BCUT2D eigenvalue weighted by molar-refractivity contribution is -0.0535. The van der Waals surface area contributed by atoms with E-state index in [0.717, 1.165) is 0 Å². The van der Waals surface area contributed by atoms with Gasteiger partial charge in [0.25, 0.3) is 0 Å². The van der Waals surface area contributed by atoms with E-state index in [2.05, 4.69) is 10.6 Å². The molecule has 0 aromatic rings. The lowest BCUT2D eigenvalue weighted by Gasteiger charge is -2.35. The summed E-state index contributed by atoms with van der Waals surface area (Å²) >= 11 is 0. The van der Waals surface area contributed by atoms with Gasteiger partial charge >= 0.3 is 0 Å². The van der Waals surface area contributed by atoms with Crippen molar-refractivity contribution >= 4 is 0 Å². The van der Waals surface area contributed by atoms with Crippen molar-refractivity contribution in [2.45, 2.75) is 11.2 Å². The zero-order chi connectivity index (χ0) is 10.7. The molecule has 0 amide bonds. The highest BCUT2D eigenvalue weighted by molar-refractivity contribution is 4.91. The lowest BCUT2D eigenvalue weighted by atomic mass is 9.99. The van der Waals surface area contributed by atoms with Crippen LogP contribution < -0.4 is 10.6 Å². The molecule has 14 heavy (non-hydrogen) atoms. The molecule has 2 saturated heterocycles. The Labute approximate surface area is 82.6 Å². The standard InChI is InChI=1S/2C4H9NO2/c2*6-3-4(7)1-5-2-4/h2*5-7H,1-3H2. The van der Waals surface area contributed by atoms with E-state index in [9.17, 15) is 0 Å². The number of hydrogen-bond acceptors (Lipinski definition) is 6. The molecule has 6 N–H and O–H groups in total. The van der Waals surface area contributed by atoms with Crippen molar-refractivity contribution in [3.8, 4) is 0 Å². The van der Waals surface area contributed by atoms with Crippen LogP contribution in [-0.4, -0.2) is 71.0 Å². The molecule has 0 bridgehead atoms. The van der Waals surface area contributed by atoms with Crippen molar-refractivity contribution in [3.63, 3.8) is 0 Å². The Bertz CT molecular complexity index is 149. The number of aliphatic hydroxyl groups is 4. The SMILES string of the molecule is OCC1(O)CNC1.OCC1(O)CNC1. The zero-order valence-corrected chi connectivity index (χ0v) is 8.03. The van der Waals surface area contributed by atoms with Gasteiger partial charge in [0.2, 0.25) is 0 Å². The van der Waals surface area contributed by atoms with E-state index in [1.54, 1.807) is 0 Å². The molecule has 6 heteroatoms. The minimum atomic E-state index is -0.792. The predicted molar refractivity (Wildman–Crippen MR) is 49.8 cm³/mol. The highest BCUT2D eigenvalue weighted by Gasteiger charge is 2.33. The minimum Gasteiger partial charge on any atom is -0.393 e. The quantitative estimate of drug-likeness (QED) is 0.282. The summed E-state index contributed by atoms with van der Waals surface area (Å²) in [6.45, 7) is 1.88. The van der Waals surface area contributed by atoms with Crippen LogP contribution in [0.3, 0.4) is 0 Å². The van der Waals surface area contributed by atoms with E-state index in [-0.39, 0.29) is 13.2 Å². The molecule has 0 saturated carbocycles. The molecule has 2 aliphatic rings. The van der Waals surface area contributed by atoms with Crippen LogP contribution in [0.5, 0.6) is 0 Å². The van der Waals surface area contributed by atoms with Crippen LogP contribution in [0.1, 0.15) is 0 Å². The third-order valence-electron chi connectivity index (χ3n) is 2.40. The Morgan fingerprint density at radius 1 is 0.786 bits per heavy atom. The van der Waals surface area contributed by atoms with E-state index in [1.807, 2.05) is 0 Å². The first kappa shape index (κ1) is 11.8. The maximum Gasteiger partial charge on any atom is 0.112 e. The topological polar surface area (TPSA) is 105 Å². The summed E-state index contributed by atoms with van der Waals surface area (Å²) in [7, 11) is 0. The van der Waals surface area contributed by atoms with Crippen molar-refractivity contribution in [1.29, 1.82) is 0 Å². The van der Waals surface area contributed by atoms with E-state index in [4.69, 9.17) is 20.4 Å². The van der Waals surface area contributed by atoms with Gasteiger partial charge in [0.05, 0.1) is 13.2 Å². The van der Waals surface area contributed by atoms with Crippen LogP contribution >= 0.6 is 0 Å². The Balaban J connectivity index is 0.000000140. The largest absolute Gasteiger partial charge is 0.393 e. The molecule has 6 nitrogen and oxygen atoms in total. The monoisotopic (exact) mass is 206 g/mol. The number of rotatable bonds is 2. The zero-order valence-electron chi connectivity index (χ0n) is 8.03. The van der Waals surface area contributed by atoms with Gasteiger partial charge < -0.3 is 31.1 Å². The van der Waals surface area contributed by atoms with Crippen LogP contribution in [0.4, 0.5) is 0 Å². The van der Waals surface area contributed by atoms with Gasteiger partial charge in [-0.25, -0.2) is 0 Å². The highest BCUT2D eigenvalue weighted by atomic mass is 16.3. The summed E-state index contributed by atoms with van der Waals surface area (Å²) in [6, 6.07) is 0. The molecule has 2 rings (SSSR count). The van der Waals surface area contributed by atoms with Crippen molar-refractivity contribution < 1.29 is 20.4 Å². The van der Waals surface area contributed by atoms with Gasteiger partial charge in [-0.3, -0.25) is 0 Å². The smallest absolute Gasteiger partial charge is 0.112 e. The molecule has 0 aliphatic carbocycles. The Morgan fingerprint density at radius 2 is 1.07 bits per heavy atom. The Hall–Kier alpha value is -0.240. The summed E-state index contributed by atoms with van der Waals surface area (Å²) < 4.78 is 0.